The van der Waals surface area contributed by atoms with Crippen LogP contribution in [0.3, 0.4) is 0 Å². The highest BCUT2D eigenvalue weighted by Gasteiger charge is 2.28. The lowest BCUT2D eigenvalue weighted by molar-refractivity contribution is -0.124. The summed E-state index contributed by atoms with van der Waals surface area (Å²) in [5.74, 6) is 0.921. The lowest BCUT2D eigenvalue weighted by Crippen LogP contribution is -2.53. The van der Waals surface area contributed by atoms with Crippen LogP contribution in [0.25, 0.3) is 0 Å². The van der Waals surface area contributed by atoms with Gasteiger partial charge in [0.15, 0.2) is 0 Å². The standard InChI is InChI=1S/C41H52N10O4S2/c1-29(2)39-45-34(26-56-39)23-49(3)40(53)47-36(16-17-50-18-19-51-27-43-48-37(51)24-50)38(52)44-32(20-30-10-6-4-7-11-30)14-15-33(21-31-12-8-5-9-13-31)46-41(54)55-25-35-22-42-28-57-35/h4-13,22,26-29,32-33,36H,14-21,23-25H2,1-3H3,(H,44,52)(H,46,54)(H,47,53). The average Bonchev–Trinajstić information content (AvgIpc) is 4.01. The van der Waals surface area contributed by atoms with E-state index < -0.39 is 12.1 Å². The highest BCUT2D eigenvalue weighted by molar-refractivity contribution is 7.09. The van der Waals surface area contributed by atoms with E-state index >= 15 is 0 Å². The predicted octanol–water partition coefficient (Wildman–Crippen LogP) is 5.78. The lowest BCUT2D eigenvalue weighted by Gasteiger charge is -2.30. The third kappa shape index (κ3) is 12.9. The zero-order chi connectivity index (χ0) is 40.0. The monoisotopic (exact) mass is 812 g/mol. The van der Waals surface area contributed by atoms with Crippen molar-refractivity contribution in [1.82, 2.24) is 50.5 Å². The van der Waals surface area contributed by atoms with Crippen LogP contribution in [0.15, 0.2) is 84.1 Å². The second kappa shape index (κ2) is 20.8. The molecular formula is C41H52N10O4S2. The van der Waals surface area contributed by atoms with E-state index in [4.69, 9.17) is 9.72 Å². The van der Waals surface area contributed by atoms with Crippen LogP contribution in [0.1, 0.15) is 71.6 Å². The number of benzene rings is 2. The molecule has 0 fully saturated rings. The Labute approximate surface area is 342 Å². The van der Waals surface area contributed by atoms with E-state index in [1.54, 1.807) is 41.3 Å². The van der Waals surface area contributed by atoms with Crippen molar-refractivity contribution in [3.8, 4) is 0 Å². The normalized spacial score (nSPS) is 14.3. The van der Waals surface area contributed by atoms with Crippen LogP contribution in [-0.4, -0.2) is 90.8 Å². The van der Waals surface area contributed by atoms with Crippen molar-refractivity contribution in [3.05, 3.63) is 117 Å². The molecule has 5 aromatic rings. The maximum absolute atomic E-state index is 14.4. The van der Waals surface area contributed by atoms with Crippen molar-refractivity contribution in [2.75, 3.05) is 20.1 Å². The molecule has 14 nitrogen and oxygen atoms in total. The van der Waals surface area contributed by atoms with Gasteiger partial charge in [0.1, 0.15) is 24.8 Å². The van der Waals surface area contributed by atoms with Crippen molar-refractivity contribution < 1.29 is 19.1 Å². The van der Waals surface area contributed by atoms with Gasteiger partial charge in [-0.2, -0.15) is 0 Å². The summed E-state index contributed by atoms with van der Waals surface area (Å²) < 4.78 is 7.58. The molecule has 0 spiro atoms. The number of carbonyl (C=O) groups excluding carboxylic acids is 3. The number of nitrogens with one attached hydrogen (secondary N) is 3. The molecule has 3 atom stereocenters. The highest BCUT2D eigenvalue weighted by Crippen LogP contribution is 2.20. The molecule has 6 rings (SSSR count). The van der Waals surface area contributed by atoms with E-state index in [0.717, 1.165) is 45.6 Å². The van der Waals surface area contributed by atoms with E-state index in [9.17, 15) is 14.4 Å². The molecule has 3 N–H and O–H groups in total. The Hall–Kier alpha value is -5.19. The highest BCUT2D eigenvalue weighted by atomic mass is 32.1. The smallest absolute Gasteiger partial charge is 0.407 e. The van der Waals surface area contributed by atoms with Gasteiger partial charge in [-0.3, -0.25) is 14.7 Å². The average molecular weight is 813 g/mol. The maximum Gasteiger partial charge on any atom is 0.407 e. The molecular weight excluding hydrogens is 761 g/mol. The fourth-order valence-corrected chi connectivity index (χ4v) is 8.06. The Morgan fingerprint density at radius 2 is 1.60 bits per heavy atom. The van der Waals surface area contributed by atoms with E-state index in [2.05, 4.69) is 49.9 Å². The van der Waals surface area contributed by atoms with Crippen LogP contribution >= 0.6 is 22.7 Å². The minimum absolute atomic E-state index is 0.143. The van der Waals surface area contributed by atoms with Gasteiger partial charge >= 0.3 is 12.1 Å². The van der Waals surface area contributed by atoms with Gasteiger partial charge in [-0.15, -0.1) is 32.9 Å². The molecule has 16 heteroatoms. The van der Waals surface area contributed by atoms with Crippen LogP contribution in [0.4, 0.5) is 9.59 Å². The molecule has 4 amide bonds. The number of thiazole rings is 2. The molecule has 2 aromatic carbocycles. The van der Waals surface area contributed by atoms with Crippen LogP contribution in [-0.2, 0) is 48.6 Å². The predicted molar refractivity (Wildman–Crippen MR) is 221 cm³/mol. The molecule has 0 saturated heterocycles. The third-order valence-corrected chi connectivity index (χ3v) is 11.8. The molecule has 0 radical (unpaired) electrons. The van der Waals surface area contributed by atoms with Gasteiger partial charge in [0.05, 0.1) is 34.2 Å². The number of ether oxygens (including phenoxy) is 1. The molecule has 4 heterocycles. The Kier molecular flexibility index (Phi) is 15.1. The van der Waals surface area contributed by atoms with E-state index in [0.29, 0.717) is 57.7 Å². The van der Waals surface area contributed by atoms with Crippen LogP contribution < -0.4 is 16.0 Å². The van der Waals surface area contributed by atoms with E-state index in [1.807, 2.05) is 70.6 Å². The summed E-state index contributed by atoms with van der Waals surface area (Å²) >= 11 is 3.02. The summed E-state index contributed by atoms with van der Waals surface area (Å²) in [4.78, 5) is 54.5. The molecule has 0 saturated carbocycles. The zero-order valence-electron chi connectivity index (χ0n) is 32.8. The van der Waals surface area contributed by atoms with Crippen molar-refractivity contribution in [2.45, 2.75) is 96.2 Å². The number of nitrogens with zero attached hydrogens (tertiary/aromatic N) is 7. The molecule has 57 heavy (non-hydrogen) atoms. The summed E-state index contributed by atoms with van der Waals surface area (Å²) in [6.07, 6.45) is 5.63. The molecule has 1 aliphatic rings. The summed E-state index contributed by atoms with van der Waals surface area (Å²) in [6.45, 7) is 7.40. The van der Waals surface area contributed by atoms with Gasteiger partial charge in [0.25, 0.3) is 0 Å². The SMILES string of the molecule is CC(C)c1nc(CN(C)C(=O)NC(CCN2CCn3cnnc3C2)C(=O)NC(CCC(Cc2ccccc2)NC(=O)OCc2cncs2)Cc2ccccc2)cs1. The number of hydrogen-bond donors (Lipinski definition) is 3. The van der Waals surface area contributed by atoms with Crippen molar-refractivity contribution in [1.29, 1.82) is 0 Å². The first-order valence-electron chi connectivity index (χ1n) is 19.4. The molecule has 1 aliphatic heterocycles. The first-order chi connectivity index (χ1) is 27.7. The van der Waals surface area contributed by atoms with Crippen molar-refractivity contribution >= 4 is 40.7 Å². The number of carbonyl (C=O) groups is 3. The maximum atomic E-state index is 14.4. The number of hydrogen-bond acceptors (Lipinski definition) is 11. The van der Waals surface area contributed by atoms with Gasteiger partial charge in [-0.25, -0.2) is 14.6 Å². The lowest BCUT2D eigenvalue weighted by atomic mass is 9.95. The number of amides is 4. The topological polar surface area (TPSA) is 160 Å². The van der Waals surface area contributed by atoms with Gasteiger partial charge in [0, 0.05) is 56.3 Å². The Balaban J connectivity index is 1.15. The second-order valence-corrected chi connectivity index (χ2v) is 16.6. The van der Waals surface area contributed by atoms with Crippen molar-refractivity contribution in [3.63, 3.8) is 0 Å². The van der Waals surface area contributed by atoms with E-state index in [-0.39, 0.29) is 30.6 Å². The van der Waals surface area contributed by atoms with Gasteiger partial charge in [-0.05, 0) is 43.2 Å². The number of fused-ring (bicyclic) bond motifs is 1. The molecule has 302 valence electrons. The summed E-state index contributed by atoms with van der Waals surface area (Å²) in [6, 6.07) is 18.3. The molecule has 3 unspecified atom stereocenters. The van der Waals surface area contributed by atoms with Gasteiger partial charge in [-0.1, -0.05) is 74.5 Å². The minimum Gasteiger partial charge on any atom is -0.444 e. The molecule has 0 aliphatic carbocycles. The quantitative estimate of drug-likeness (QED) is 0.0941. The Morgan fingerprint density at radius 1 is 0.895 bits per heavy atom. The van der Waals surface area contributed by atoms with E-state index in [1.165, 1.54) is 11.3 Å². The van der Waals surface area contributed by atoms with Crippen LogP contribution in [0.5, 0.6) is 0 Å². The Morgan fingerprint density at radius 3 is 2.25 bits per heavy atom. The number of alkyl carbamates (subject to hydrolysis) is 1. The number of aromatic nitrogens is 5. The summed E-state index contributed by atoms with van der Waals surface area (Å²) in [5, 5.41) is 20.7. The van der Waals surface area contributed by atoms with Gasteiger partial charge < -0.3 is 30.2 Å². The zero-order valence-corrected chi connectivity index (χ0v) is 34.4. The summed E-state index contributed by atoms with van der Waals surface area (Å²) in [5.41, 5.74) is 4.67. The molecule has 0 bridgehead atoms. The largest absolute Gasteiger partial charge is 0.444 e. The Bertz CT molecular complexity index is 1990. The van der Waals surface area contributed by atoms with Crippen LogP contribution in [0.2, 0.25) is 0 Å². The minimum atomic E-state index is -0.806. The fraction of sp³-hybridized carbons (Fsp3) is 0.439. The second-order valence-electron chi connectivity index (χ2n) is 14.7. The number of urea groups is 1. The van der Waals surface area contributed by atoms with Gasteiger partial charge in [0.2, 0.25) is 5.91 Å². The summed E-state index contributed by atoms with van der Waals surface area (Å²) in [7, 11) is 1.72. The first-order valence-corrected chi connectivity index (χ1v) is 21.2. The van der Waals surface area contributed by atoms with Crippen LogP contribution in [0, 0.1) is 0 Å². The fourth-order valence-electron chi connectivity index (χ4n) is 6.73. The number of rotatable bonds is 19. The third-order valence-electron chi connectivity index (χ3n) is 9.89. The van der Waals surface area contributed by atoms with Crippen molar-refractivity contribution in [2.24, 2.45) is 0 Å². The first kappa shape index (κ1) is 41.4. The molecule has 3 aromatic heterocycles.